The van der Waals surface area contributed by atoms with Crippen LogP contribution >= 0.6 is 23.4 Å². The van der Waals surface area contributed by atoms with Gasteiger partial charge in [-0.25, -0.2) is 0 Å². The van der Waals surface area contributed by atoms with Gasteiger partial charge in [0.05, 0.1) is 5.02 Å². The number of hydrogen-bond donors (Lipinski definition) is 1. The van der Waals surface area contributed by atoms with E-state index in [4.69, 9.17) is 21.1 Å². The molecule has 144 valence electrons. The summed E-state index contributed by atoms with van der Waals surface area (Å²) >= 11 is 7.71. The van der Waals surface area contributed by atoms with Crippen LogP contribution in [0.15, 0.2) is 47.6 Å². The number of nitrogens with zero attached hydrogens (tertiary/aromatic N) is 3. The molecule has 0 saturated heterocycles. The van der Waals surface area contributed by atoms with Gasteiger partial charge in [0.15, 0.2) is 22.5 Å². The molecule has 0 fully saturated rings. The Morgan fingerprint density at radius 1 is 1.21 bits per heavy atom. The number of anilines is 1. The van der Waals surface area contributed by atoms with Crippen molar-refractivity contribution in [2.45, 2.75) is 11.6 Å². The number of carbonyl (C=O) groups is 1. The first kappa shape index (κ1) is 18.6. The lowest BCUT2D eigenvalue weighted by molar-refractivity contribution is -0.115. The molecule has 2 heterocycles. The third kappa shape index (κ3) is 3.93. The highest BCUT2D eigenvalue weighted by molar-refractivity contribution is 7.99. The second kappa shape index (κ2) is 8.12. The van der Waals surface area contributed by atoms with E-state index >= 15 is 0 Å². The molecule has 3 aromatic rings. The molecule has 1 aromatic heterocycles. The minimum absolute atomic E-state index is 0.0835. The van der Waals surface area contributed by atoms with Crippen molar-refractivity contribution in [2.24, 2.45) is 7.05 Å². The standard InChI is InChI=1S/C19H17ClN4O3S/c1-24-18(13-4-2-3-5-14(13)20)22-23-19(24)28-9-8-17(25)21-12-6-7-15-16(10-12)27-11-26-15/h2-7,10H,8-9,11H2,1H3,(H,21,25). The van der Waals surface area contributed by atoms with Crippen LogP contribution < -0.4 is 14.8 Å². The van der Waals surface area contributed by atoms with Gasteiger partial charge in [0.1, 0.15) is 0 Å². The summed E-state index contributed by atoms with van der Waals surface area (Å²) in [5, 5.41) is 12.6. The Kier molecular flexibility index (Phi) is 5.40. The molecule has 1 aliphatic rings. The number of halogens is 1. The summed E-state index contributed by atoms with van der Waals surface area (Å²) in [6, 6.07) is 12.8. The predicted molar refractivity (Wildman–Crippen MR) is 108 cm³/mol. The molecule has 0 spiro atoms. The fourth-order valence-corrected chi connectivity index (χ4v) is 3.82. The van der Waals surface area contributed by atoms with Crippen molar-refractivity contribution in [3.8, 4) is 22.9 Å². The van der Waals surface area contributed by atoms with Gasteiger partial charge in [-0.2, -0.15) is 0 Å². The Labute approximate surface area is 171 Å². The summed E-state index contributed by atoms with van der Waals surface area (Å²) < 4.78 is 12.5. The second-order valence-corrected chi connectivity index (χ2v) is 7.53. The van der Waals surface area contributed by atoms with Gasteiger partial charge < -0.3 is 19.4 Å². The van der Waals surface area contributed by atoms with Crippen LogP contribution in [0.2, 0.25) is 5.02 Å². The Balaban J connectivity index is 1.33. The van der Waals surface area contributed by atoms with E-state index in [-0.39, 0.29) is 12.7 Å². The van der Waals surface area contributed by atoms with E-state index in [1.165, 1.54) is 11.8 Å². The summed E-state index contributed by atoms with van der Waals surface area (Å²) in [5.74, 6) is 2.51. The Hall–Kier alpha value is -2.71. The van der Waals surface area contributed by atoms with E-state index in [0.717, 1.165) is 10.7 Å². The van der Waals surface area contributed by atoms with Crippen LogP contribution in [-0.4, -0.2) is 33.2 Å². The summed E-state index contributed by atoms with van der Waals surface area (Å²) in [5.41, 5.74) is 1.51. The molecule has 4 rings (SSSR count). The zero-order valence-electron chi connectivity index (χ0n) is 15.0. The summed E-state index contributed by atoms with van der Waals surface area (Å²) in [6.07, 6.45) is 0.341. The third-order valence-corrected chi connectivity index (χ3v) is 5.52. The molecule has 0 atom stereocenters. The van der Waals surface area contributed by atoms with Gasteiger partial charge in [0, 0.05) is 36.5 Å². The highest BCUT2D eigenvalue weighted by Gasteiger charge is 2.16. The lowest BCUT2D eigenvalue weighted by Crippen LogP contribution is -2.12. The van der Waals surface area contributed by atoms with Gasteiger partial charge in [-0.15, -0.1) is 10.2 Å². The van der Waals surface area contributed by atoms with Crippen LogP contribution in [0.3, 0.4) is 0 Å². The van der Waals surface area contributed by atoms with Crippen LogP contribution in [0.4, 0.5) is 5.69 Å². The number of amides is 1. The normalized spacial score (nSPS) is 12.2. The fourth-order valence-electron chi connectivity index (χ4n) is 2.75. The lowest BCUT2D eigenvalue weighted by Gasteiger charge is -2.07. The number of fused-ring (bicyclic) bond motifs is 1. The fraction of sp³-hybridized carbons (Fsp3) is 0.211. The van der Waals surface area contributed by atoms with E-state index in [1.807, 2.05) is 35.9 Å². The van der Waals surface area contributed by atoms with Crippen molar-refractivity contribution in [3.05, 3.63) is 47.5 Å². The molecular weight excluding hydrogens is 400 g/mol. The monoisotopic (exact) mass is 416 g/mol. The number of aromatic nitrogens is 3. The molecule has 2 aromatic carbocycles. The number of hydrogen-bond acceptors (Lipinski definition) is 6. The van der Waals surface area contributed by atoms with Crippen molar-refractivity contribution >= 4 is 35.0 Å². The first-order valence-corrected chi connectivity index (χ1v) is 9.95. The topological polar surface area (TPSA) is 78.3 Å². The van der Waals surface area contributed by atoms with Crippen LogP contribution in [0.1, 0.15) is 6.42 Å². The van der Waals surface area contributed by atoms with Crippen molar-refractivity contribution in [1.82, 2.24) is 14.8 Å². The quantitative estimate of drug-likeness (QED) is 0.612. The van der Waals surface area contributed by atoms with Gasteiger partial charge in [-0.3, -0.25) is 4.79 Å². The molecule has 0 radical (unpaired) electrons. The van der Waals surface area contributed by atoms with Gasteiger partial charge in [-0.05, 0) is 24.3 Å². The minimum atomic E-state index is -0.0835. The number of benzene rings is 2. The maximum Gasteiger partial charge on any atom is 0.231 e. The van der Waals surface area contributed by atoms with E-state index in [9.17, 15) is 4.79 Å². The zero-order valence-corrected chi connectivity index (χ0v) is 16.6. The molecular formula is C19H17ClN4O3S. The molecule has 0 aliphatic carbocycles. The molecule has 1 N–H and O–H groups in total. The van der Waals surface area contributed by atoms with E-state index in [1.54, 1.807) is 18.2 Å². The van der Waals surface area contributed by atoms with Gasteiger partial charge in [-0.1, -0.05) is 35.5 Å². The van der Waals surface area contributed by atoms with Gasteiger partial charge in [0.2, 0.25) is 12.7 Å². The third-order valence-electron chi connectivity index (χ3n) is 4.17. The maximum absolute atomic E-state index is 12.2. The predicted octanol–water partition coefficient (Wildman–Crippen LogP) is 3.99. The Bertz CT molecular complexity index is 1020. The minimum Gasteiger partial charge on any atom is -0.454 e. The van der Waals surface area contributed by atoms with Crippen molar-refractivity contribution in [2.75, 3.05) is 17.9 Å². The summed E-state index contributed by atoms with van der Waals surface area (Å²) in [7, 11) is 1.88. The van der Waals surface area contributed by atoms with Crippen LogP contribution in [0.25, 0.3) is 11.4 Å². The zero-order chi connectivity index (χ0) is 19.5. The number of nitrogens with one attached hydrogen (secondary N) is 1. The smallest absolute Gasteiger partial charge is 0.231 e. The largest absolute Gasteiger partial charge is 0.454 e. The Morgan fingerprint density at radius 3 is 2.89 bits per heavy atom. The SMILES string of the molecule is Cn1c(SCCC(=O)Nc2ccc3c(c2)OCO3)nnc1-c1ccccc1Cl. The molecule has 0 unspecified atom stereocenters. The summed E-state index contributed by atoms with van der Waals surface area (Å²) in [6.45, 7) is 0.206. The number of carbonyl (C=O) groups excluding carboxylic acids is 1. The summed E-state index contributed by atoms with van der Waals surface area (Å²) in [4.78, 5) is 12.2. The molecule has 0 bridgehead atoms. The number of ether oxygens (including phenoxy) is 2. The van der Waals surface area contributed by atoms with Gasteiger partial charge in [0.25, 0.3) is 0 Å². The first-order chi connectivity index (χ1) is 13.6. The molecule has 0 saturated carbocycles. The second-order valence-electron chi connectivity index (χ2n) is 6.06. The first-order valence-electron chi connectivity index (χ1n) is 8.58. The highest BCUT2D eigenvalue weighted by atomic mass is 35.5. The molecule has 7 nitrogen and oxygen atoms in total. The highest BCUT2D eigenvalue weighted by Crippen LogP contribution is 2.34. The van der Waals surface area contributed by atoms with Gasteiger partial charge >= 0.3 is 0 Å². The van der Waals surface area contributed by atoms with E-state index < -0.39 is 0 Å². The van der Waals surface area contributed by atoms with Crippen LogP contribution in [-0.2, 0) is 11.8 Å². The average Bonchev–Trinajstić information content (AvgIpc) is 3.29. The number of thioether (sulfide) groups is 1. The van der Waals surface area contributed by atoms with E-state index in [2.05, 4.69) is 15.5 Å². The molecule has 9 heteroatoms. The Morgan fingerprint density at radius 2 is 2.04 bits per heavy atom. The van der Waals surface area contributed by atoms with E-state index in [0.29, 0.717) is 40.2 Å². The lowest BCUT2D eigenvalue weighted by atomic mass is 10.2. The maximum atomic E-state index is 12.2. The average molecular weight is 417 g/mol. The van der Waals surface area contributed by atoms with Crippen molar-refractivity contribution in [3.63, 3.8) is 0 Å². The van der Waals surface area contributed by atoms with Crippen LogP contribution in [0.5, 0.6) is 11.5 Å². The van der Waals surface area contributed by atoms with Crippen molar-refractivity contribution in [1.29, 1.82) is 0 Å². The van der Waals surface area contributed by atoms with Crippen LogP contribution in [0, 0.1) is 0 Å². The number of rotatable bonds is 6. The molecule has 1 amide bonds. The van der Waals surface area contributed by atoms with Crippen molar-refractivity contribution < 1.29 is 14.3 Å². The molecule has 1 aliphatic heterocycles. The molecule has 28 heavy (non-hydrogen) atoms.